The molecule has 0 saturated carbocycles. The Morgan fingerprint density at radius 1 is 1.26 bits per heavy atom. The summed E-state index contributed by atoms with van der Waals surface area (Å²) in [5.74, 6) is -0.525. The number of halogens is 3. The molecule has 9 heteroatoms. The van der Waals surface area contributed by atoms with Crippen LogP contribution in [-0.2, 0) is 0 Å². The molecule has 4 rings (SSSR count). The lowest BCUT2D eigenvalue weighted by atomic mass is 10.0. The first-order valence-electron chi connectivity index (χ1n) is 8.53. The normalized spacial score (nSPS) is 17.2. The molecule has 27 heavy (non-hydrogen) atoms. The molecule has 1 aliphatic heterocycles. The van der Waals surface area contributed by atoms with Crippen LogP contribution in [0.5, 0.6) is 0 Å². The number of aromatic nitrogens is 4. The highest BCUT2D eigenvalue weighted by Gasteiger charge is 2.33. The molecule has 3 heterocycles. The Balaban J connectivity index is 1.69. The minimum Gasteiger partial charge on any atom is -0.329 e. The number of hydrogen-bond acceptors (Lipinski definition) is 4. The Morgan fingerprint density at radius 3 is 2.70 bits per heavy atom. The van der Waals surface area contributed by atoms with Gasteiger partial charge in [0.25, 0.3) is 18.1 Å². The van der Waals surface area contributed by atoms with E-state index in [4.69, 9.17) is 11.6 Å². The van der Waals surface area contributed by atoms with Crippen molar-refractivity contribution in [1.82, 2.24) is 24.5 Å². The fraction of sp³-hybridized carbons (Fsp3) is 0.333. The lowest BCUT2D eigenvalue weighted by Gasteiger charge is -2.23. The number of rotatable bonds is 3. The molecule has 1 atom stereocenters. The fourth-order valence-electron chi connectivity index (χ4n) is 3.43. The zero-order chi connectivity index (χ0) is 19.1. The van der Waals surface area contributed by atoms with Crippen molar-refractivity contribution in [2.45, 2.75) is 32.2 Å². The Labute approximate surface area is 158 Å². The van der Waals surface area contributed by atoms with E-state index in [2.05, 4.69) is 15.1 Å². The average molecular weight is 392 g/mol. The highest BCUT2D eigenvalue weighted by atomic mass is 35.5. The molecule has 0 aliphatic carbocycles. The third-order valence-corrected chi connectivity index (χ3v) is 4.90. The van der Waals surface area contributed by atoms with Gasteiger partial charge in [0.2, 0.25) is 5.82 Å². The minimum absolute atomic E-state index is 0.00381. The lowest BCUT2D eigenvalue weighted by Crippen LogP contribution is -2.31. The van der Waals surface area contributed by atoms with E-state index in [1.54, 1.807) is 24.0 Å². The first-order chi connectivity index (χ1) is 12.9. The Kier molecular flexibility index (Phi) is 4.51. The van der Waals surface area contributed by atoms with Gasteiger partial charge >= 0.3 is 0 Å². The van der Waals surface area contributed by atoms with Crippen LogP contribution in [0, 0.1) is 6.92 Å². The van der Waals surface area contributed by atoms with Crippen LogP contribution >= 0.6 is 11.6 Å². The number of carbonyl (C=O) groups excluding carboxylic acids is 1. The average Bonchev–Trinajstić information content (AvgIpc) is 3.27. The zero-order valence-corrected chi connectivity index (χ0v) is 15.2. The SMILES string of the molecule is Cc1cc(C(F)F)n2nc(C(=O)N3CCC[C@H]3c3ccc(Cl)cc3)nc2n1. The summed E-state index contributed by atoms with van der Waals surface area (Å²) < 4.78 is 27.5. The van der Waals surface area contributed by atoms with Gasteiger partial charge in [-0.05, 0) is 43.5 Å². The smallest absolute Gasteiger partial charge is 0.294 e. The van der Waals surface area contributed by atoms with Crippen LogP contribution in [0.4, 0.5) is 8.78 Å². The zero-order valence-electron chi connectivity index (χ0n) is 14.4. The number of likely N-dealkylation sites (tertiary alicyclic amines) is 1. The van der Waals surface area contributed by atoms with Gasteiger partial charge in [0.05, 0.1) is 6.04 Å². The maximum absolute atomic E-state index is 13.3. The van der Waals surface area contributed by atoms with E-state index in [9.17, 15) is 13.6 Å². The largest absolute Gasteiger partial charge is 0.329 e. The van der Waals surface area contributed by atoms with E-state index in [0.717, 1.165) is 22.9 Å². The Morgan fingerprint density at radius 2 is 2.00 bits per heavy atom. The van der Waals surface area contributed by atoms with Crippen molar-refractivity contribution in [3.63, 3.8) is 0 Å². The van der Waals surface area contributed by atoms with Crippen LogP contribution in [-0.4, -0.2) is 36.9 Å². The van der Waals surface area contributed by atoms with E-state index in [1.165, 1.54) is 6.07 Å². The molecule has 3 aromatic rings. The predicted octanol–water partition coefficient (Wildman–Crippen LogP) is 4.00. The lowest BCUT2D eigenvalue weighted by molar-refractivity contribution is 0.0723. The fourth-order valence-corrected chi connectivity index (χ4v) is 3.56. The van der Waals surface area contributed by atoms with Gasteiger partial charge in [-0.3, -0.25) is 4.79 Å². The molecule has 1 saturated heterocycles. The van der Waals surface area contributed by atoms with Crippen molar-refractivity contribution in [3.05, 3.63) is 58.1 Å². The van der Waals surface area contributed by atoms with Gasteiger partial charge in [-0.2, -0.15) is 9.50 Å². The van der Waals surface area contributed by atoms with E-state index in [-0.39, 0.29) is 23.3 Å². The second-order valence-corrected chi connectivity index (χ2v) is 6.91. The van der Waals surface area contributed by atoms with Crippen molar-refractivity contribution < 1.29 is 13.6 Å². The van der Waals surface area contributed by atoms with E-state index in [0.29, 0.717) is 17.3 Å². The minimum atomic E-state index is -2.74. The molecule has 1 fully saturated rings. The number of nitrogens with zero attached hydrogens (tertiary/aromatic N) is 5. The van der Waals surface area contributed by atoms with E-state index in [1.807, 2.05) is 12.1 Å². The van der Waals surface area contributed by atoms with Crippen LogP contribution < -0.4 is 0 Å². The van der Waals surface area contributed by atoms with Gasteiger partial charge in [-0.1, -0.05) is 23.7 Å². The third-order valence-electron chi connectivity index (χ3n) is 4.65. The van der Waals surface area contributed by atoms with Crippen LogP contribution in [0.1, 0.15) is 52.9 Å². The molecule has 0 bridgehead atoms. The second kappa shape index (κ2) is 6.84. The number of aryl methyl sites for hydroxylation is 1. The summed E-state index contributed by atoms with van der Waals surface area (Å²) in [5.41, 5.74) is 1.03. The summed E-state index contributed by atoms with van der Waals surface area (Å²) in [6, 6.07) is 8.45. The number of fused-ring (bicyclic) bond motifs is 1. The quantitative estimate of drug-likeness (QED) is 0.677. The highest BCUT2D eigenvalue weighted by Crippen LogP contribution is 2.33. The van der Waals surface area contributed by atoms with Crippen molar-refractivity contribution in [2.24, 2.45) is 0 Å². The Hall–Kier alpha value is -2.61. The summed E-state index contributed by atoms with van der Waals surface area (Å²) in [6.45, 7) is 2.15. The standard InChI is InChI=1S/C18H16ClF2N5O/c1-10-9-14(15(20)21)26-18(22-10)23-16(24-26)17(27)25-8-2-3-13(25)11-4-6-12(19)7-5-11/h4-7,9,13,15H,2-3,8H2,1H3/t13-/m0/s1. The summed E-state index contributed by atoms with van der Waals surface area (Å²) in [7, 11) is 0. The van der Waals surface area contributed by atoms with Crippen LogP contribution in [0.2, 0.25) is 5.02 Å². The van der Waals surface area contributed by atoms with Gasteiger partial charge < -0.3 is 4.90 Å². The predicted molar refractivity (Wildman–Crippen MR) is 94.9 cm³/mol. The number of amides is 1. The monoisotopic (exact) mass is 391 g/mol. The molecule has 0 radical (unpaired) electrons. The van der Waals surface area contributed by atoms with Crippen LogP contribution in [0.25, 0.3) is 5.78 Å². The molecule has 0 N–H and O–H groups in total. The molecular formula is C18H16ClF2N5O. The summed E-state index contributed by atoms with van der Waals surface area (Å²) >= 11 is 5.94. The maximum Gasteiger partial charge on any atom is 0.294 e. The highest BCUT2D eigenvalue weighted by molar-refractivity contribution is 6.30. The number of carbonyl (C=O) groups is 1. The second-order valence-electron chi connectivity index (χ2n) is 6.48. The van der Waals surface area contributed by atoms with Gasteiger partial charge in [-0.15, -0.1) is 5.10 Å². The number of hydrogen-bond donors (Lipinski definition) is 0. The summed E-state index contributed by atoms with van der Waals surface area (Å²) in [5, 5.41) is 4.64. The first kappa shape index (κ1) is 17.8. The molecule has 0 spiro atoms. The summed E-state index contributed by atoms with van der Waals surface area (Å²) in [6.07, 6.45) is -1.10. The van der Waals surface area contributed by atoms with Crippen molar-refractivity contribution in [2.75, 3.05) is 6.54 Å². The van der Waals surface area contributed by atoms with Crippen LogP contribution in [0.3, 0.4) is 0 Å². The van der Waals surface area contributed by atoms with Gasteiger partial charge in [-0.25, -0.2) is 13.8 Å². The van der Waals surface area contributed by atoms with Crippen molar-refractivity contribution in [3.8, 4) is 0 Å². The third kappa shape index (κ3) is 3.25. The van der Waals surface area contributed by atoms with Crippen molar-refractivity contribution in [1.29, 1.82) is 0 Å². The van der Waals surface area contributed by atoms with Gasteiger partial charge in [0.1, 0.15) is 5.69 Å². The first-order valence-corrected chi connectivity index (χ1v) is 8.91. The van der Waals surface area contributed by atoms with E-state index >= 15 is 0 Å². The molecule has 140 valence electrons. The topological polar surface area (TPSA) is 63.4 Å². The molecular weight excluding hydrogens is 376 g/mol. The number of alkyl halides is 2. The molecule has 1 aromatic carbocycles. The molecule has 1 aliphatic rings. The maximum atomic E-state index is 13.3. The van der Waals surface area contributed by atoms with Gasteiger partial charge in [0.15, 0.2) is 0 Å². The van der Waals surface area contributed by atoms with Crippen LogP contribution in [0.15, 0.2) is 30.3 Å². The van der Waals surface area contributed by atoms with Gasteiger partial charge in [0, 0.05) is 17.3 Å². The molecule has 2 aromatic heterocycles. The summed E-state index contributed by atoms with van der Waals surface area (Å²) in [4.78, 5) is 22.9. The number of benzene rings is 1. The molecule has 1 amide bonds. The Bertz CT molecular complexity index is 1000. The molecule has 0 unspecified atom stereocenters. The van der Waals surface area contributed by atoms with E-state index < -0.39 is 12.3 Å². The van der Waals surface area contributed by atoms with Crippen molar-refractivity contribution >= 4 is 23.3 Å². The molecule has 6 nitrogen and oxygen atoms in total.